The van der Waals surface area contributed by atoms with Crippen molar-refractivity contribution in [3.8, 4) is 17.6 Å². The number of amides is 2. The van der Waals surface area contributed by atoms with Crippen molar-refractivity contribution in [1.29, 1.82) is 0 Å². The molecule has 156 valence electrons. The highest BCUT2D eigenvalue weighted by atomic mass is 35.5. The molecule has 2 aliphatic rings. The van der Waals surface area contributed by atoms with E-state index in [1.807, 2.05) is 49.5 Å². The third-order valence-electron chi connectivity index (χ3n) is 5.89. The molecule has 1 saturated carbocycles. The van der Waals surface area contributed by atoms with Crippen molar-refractivity contribution in [2.45, 2.75) is 31.3 Å². The van der Waals surface area contributed by atoms with Gasteiger partial charge < -0.3 is 14.7 Å². The maximum absolute atomic E-state index is 13.6. The van der Waals surface area contributed by atoms with Gasteiger partial charge in [-0.1, -0.05) is 35.6 Å². The lowest BCUT2D eigenvalue weighted by molar-refractivity contribution is 0.152. The van der Waals surface area contributed by atoms with E-state index in [1.165, 1.54) is 0 Å². The van der Waals surface area contributed by atoms with E-state index < -0.39 is 5.54 Å². The molecule has 2 amide bonds. The van der Waals surface area contributed by atoms with Crippen LogP contribution in [0.2, 0.25) is 5.02 Å². The predicted octanol–water partition coefficient (Wildman–Crippen LogP) is 4.41. The van der Waals surface area contributed by atoms with E-state index in [1.54, 1.807) is 16.9 Å². The number of hydrogen-bond acceptors (Lipinski definition) is 3. The highest BCUT2D eigenvalue weighted by molar-refractivity contribution is 6.30. The molecule has 6 heteroatoms. The minimum Gasteiger partial charge on any atom is -0.497 e. The molecule has 0 saturated heterocycles. The average molecular weight is 425 g/mol. The number of anilines is 1. The van der Waals surface area contributed by atoms with E-state index in [4.69, 9.17) is 16.3 Å². The molecule has 0 radical (unpaired) electrons. The van der Waals surface area contributed by atoms with Crippen LogP contribution in [0, 0.1) is 17.8 Å². The summed E-state index contributed by atoms with van der Waals surface area (Å²) in [6, 6.07) is 13.3. The molecule has 30 heavy (non-hydrogen) atoms. The van der Waals surface area contributed by atoms with Crippen LogP contribution in [0.5, 0.6) is 5.75 Å². The van der Waals surface area contributed by atoms with Gasteiger partial charge in [-0.3, -0.25) is 4.90 Å². The Kier molecular flexibility index (Phi) is 5.64. The van der Waals surface area contributed by atoms with Gasteiger partial charge in [0.25, 0.3) is 0 Å². The Morgan fingerprint density at radius 1 is 1.23 bits per heavy atom. The zero-order valence-corrected chi connectivity index (χ0v) is 17.9. The number of urea groups is 1. The van der Waals surface area contributed by atoms with Gasteiger partial charge in [-0.25, -0.2) is 4.79 Å². The largest absolute Gasteiger partial charge is 0.497 e. The first-order valence-electron chi connectivity index (χ1n) is 10.1. The number of methoxy groups -OCH3 is 1. The molecule has 1 N–H and O–H groups in total. The monoisotopic (exact) mass is 424 g/mol. The normalized spacial score (nSPS) is 20.5. The maximum Gasteiger partial charge on any atom is 0.326 e. The van der Waals surface area contributed by atoms with E-state index in [2.05, 4.69) is 11.8 Å². The molecule has 2 aromatic carbocycles. The molecular weight excluding hydrogens is 400 g/mol. The quantitative estimate of drug-likeness (QED) is 0.723. The van der Waals surface area contributed by atoms with Crippen molar-refractivity contribution in [3.05, 3.63) is 58.6 Å². The Labute approximate surface area is 182 Å². The van der Waals surface area contributed by atoms with Crippen molar-refractivity contribution in [2.75, 3.05) is 25.7 Å². The Morgan fingerprint density at radius 2 is 1.97 bits per heavy atom. The van der Waals surface area contributed by atoms with Crippen molar-refractivity contribution in [3.63, 3.8) is 0 Å². The van der Waals surface area contributed by atoms with Crippen LogP contribution in [0.15, 0.2) is 42.5 Å². The minimum atomic E-state index is -0.719. The summed E-state index contributed by atoms with van der Waals surface area (Å²) in [6.07, 6.45) is 2.40. The summed E-state index contributed by atoms with van der Waals surface area (Å²) in [4.78, 5) is 17.1. The Hall–Kier alpha value is -2.68. The summed E-state index contributed by atoms with van der Waals surface area (Å²) in [5, 5.41) is 9.83. The van der Waals surface area contributed by atoms with Gasteiger partial charge in [0, 0.05) is 24.1 Å². The molecular formula is C24H25ClN2O3. The lowest BCUT2D eigenvalue weighted by Crippen LogP contribution is -2.57. The second-order valence-electron chi connectivity index (χ2n) is 7.75. The van der Waals surface area contributed by atoms with E-state index in [-0.39, 0.29) is 18.6 Å². The average Bonchev–Trinajstić information content (AvgIpc) is 3.60. The van der Waals surface area contributed by atoms with E-state index >= 15 is 0 Å². The van der Waals surface area contributed by atoms with Crippen molar-refractivity contribution < 1.29 is 14.6 Å². The second-order valence-corrected chi connectivity index (χ2v) is 8.19. The number of nitrogens with zero attached hydrogens (tertiary/aromatic N) is 2. The highest BCUT2D eigenvalue weighted by Gasteiger charge is 2.55. The lowest BCUT2D eigenvalue weighted by atomic mass is 9.80. The lowest BCUT2D eigenvalue weighted by Gasteiger charge is -2.47. The van der Waals surface area contributed by atoms with Crippen molar-refractivity contribution >= 4 is 23.3 Å². The highest BCUT2D eigenvalue weighted by Crippen LogP contribution is 2.54. The number of rotatable bonds is 5. The molecule has 1 heterocycles. The number of carbonyl (C=O) groups excluding carboxylic acids is 1. The Morgan fingerprint density at radius 3 is 2.60 bits per heavy atom. The van der Waals surface area contributed by atoms with Crippen LogP contribution >= 0.6 is 11.6 Å². The van der Waals surface area contributed by atoms with Crippen LogP contribution in [0.25, 0.3) is 0 Å². The molecule has 0 aromatic heterocycles. The molecule has 1 unspecified atom stereocenters. The van der Waals surface area contributed by atoms with Gasteiger partial charge >= 0.3 is 6.03 Å². The van der Waals surface area contributed by atoms with Gasteiger partial charge in [-0.2, -0.15) is 0 Å². The summed E-state index contributed by atoms with van der Waals surface area (Å²) < 4.78 is 5.24. The number of benzene rings is 2. The third-order valence-corrected chi connectivity index (χ3v) is 6.13. The smallest absolute Gasteiger partial charge is 0.326 e. The summed E-state index contributed by atoms with van der Waals surface area (Å²) in [6.45, 7) is 0.435. The molecule has 1 aliphatic heterocycles. The summed E-state index contributed by atoms with van der Waals surface area (Å²) in [5.74, 6) is 7.48. The standard InChI is InChI=1S/C24H25ClN2O3/c1-26-23(29)27(16-17-5-10-20(30-2)11-6-17)22-12-9-19(25)15-21(22)24(26,18-7-8-18)13-3-4-14-28/h5-6,9-12,15,18,28H,4,7-8,14,16H2,1-2H3. The predicted molar refractivity (Wildman–Crippen MR) is 118 cm³/mol. The van der Waals surface area contributed by atoms with Crippen LogP contribution in [0.4, 0.5) is 10.5 Å². The van der Waals surface area contributed by atoms with Crippen molar-refractivity contribution in [1.82, 2.24) is 4.90 Å². The first-order chi connectivity index (χ1) is 14.5. The molecule has 1 fully saturated rings. The van der Waals surface area contributed by atoms with Gasteiger partial charge in [0.2, 0.25) is 0 Å². The Balaban J connectivity index is 1.80. The van der Waals surface area contributed by atoms with Gasteiger partial charge in [-0.15, -0.1) is 0 Å². The third kappa shape index (κ3) is 3.51. The zero-order valence-electron chi connectivity index (χ0n) is 17.2. The molecule has 5 nitrogen and oxygen atoms in total. The molecule has 1 atom stereocenters. The number of halogens is 1. The number of ether oxygens (including phenoxy) is 1. The van der Waals surface area contributed by atoms with Crippen LogP contribution in [0.1, 0.15) is 30.4 Å². The zero-order chi connectivity index (χ0) is 21.3. The number of aliphatic hydroxyl groups excluding tert-OH is 1. The minimum absolute atomic E-state index is 0.00257. The maximum atomic E-state index is 13.6. The van der Waals surface area contributed by atoms with Gasteiger partial charge in [-0.05, 0) is 54.7 Å². The molecule has 2 aromatic rings. The fraction of sp³-hybridized carbons (Fsp3) is 0.375. The summed E-state index contributed by atoms with van der Waals surface area (Å²) >= 11 is 6.39. The van der Waals surface area contributed by atoms with Gasteiger partial charge in [0.15, 0.2) is 0 Å². The van der Waals surface area contributed by atoms with Gasteiger partial charge in [0.05, 0.1) is 25.9 Å². The SMILES string of the molecule is COc1ccc(CN2C(=O)N(C)C(C#CCCO)(C3CC3)c3cc(Cl)ccc32)cc1. The molecule has 4 rings (SSSR count). The molecule has 0 spiro atoms. The molecule has 0 bridgehead atoms. The first-order valence-corrected chi connectivity index (χ1v) is 10.5. The van der Waals surface area contributed by atoms with E-state index in [0.717, 1.165) is 35.4 Å². The van der Waals surface area contributed by atoms with Crippen LogP contribution in [-0.2, 0) is 12.1 Å². The molecule has 1 aliphatic carbocycles. The summed E-state index contributed by atoms with van der Waals surface area (Å²) in [5.41, 5.74) is 2.08. The number of carbonyl (C=O) groups is 1. The fourth-order valence-electron chi connectivity index (χ4n) is 4.23. The first kappa shape index (κ1) is 20.6. The fourth-order valence-corrected chi connectivity index (χ4v) is 4.40. The number of aliphatic hydroxyl groups is 1. The van der Waals surface area contributed by atoms with Crippen LogP contribution in [0.3, 0.4) is 0 Å². The number of hydrogen-bond donors (Lipinski definition) is 1. The van der Waals surface area contributed by atoms with Gasteiger partial charge in [0.1, 0.15) is 11.3 Å². The summed E-state index contributed by atoms with van der Waals surface area (Å²) in [7, 11) is 3.45. The van der Waals surface area contributed by atoms with Crippen molar-refractivity contribution in [2.24, 2.45) is 5.92 Å². The van der Waals surface area contributed by atoms with Crippen LogP contribution < -0.4 is 9.64 Å². The van der Waals surface area contributed by atoms with E-state index in [0.29, 0.717) is 18.0 Å². The van der Waals surface area contributed by atoms with E-state index in [9.17, 15) is 9.90 Å². The van der Waals surface area contributed by atoms with Crippen LogP contribution in [-0.4, -0.2) is 36.8 Å². The number of fused-ring (bicyclic) bond motifs is 1. The topological polar surface area (TPSA) is 53.0 Å². The Bertz CT molecular complexity index is 1010. The second kappa shape index (κ2) is 8.22.